The van der Waals surface area contributed by atoms with Crippen LogP contribution >= 0.6 is 0 Å². The van der Waals surface area contributed by atoms with Gasteiger partial charge in [0.15, 0.2) is 0 Å². The van der Waals surface area contributed by atoms with Crippen molar-refractivity contribution in [3.8, 4) is 6.07 Å². The maximum atomic E-state index is 12.9. The first-order valence-corrected chi connectivity index (χ1v) is 6.66. The number of anilines is 1. The number of carbonyl (C=O) groups excluding carboxylic acids is 1. The van der Waals surface area contributed by atoms with E-state index in [9.17, 15) is 22.4 Å². The lowest BCUT2D eigenvalue weighted by Gasteiger charge is -2.13. The summed E-state index contributed by atoms with van der Waals surface area (Å²) in [7, 11) is 0. The van der Waals surface area contributed by atoms with E-state index in [1.807, 2.05) is 0 Å². The van der Waals surface area contributed by atoms with Gasteiger partial charge in [-0.25, -0.2) is 4.39 Å². The van der Waals surface area contributed by atoms with Crippen molar-refractivity contribution in [3.63, 3.8) is 0 Å². The Morgan fingerprint density at radius 3 is 2.29 bits per heavy atom. The van der Waals surface area contributed by atoms with Crippen LogP contribution in [0.15, 0.2) is 54.1 Å². The molecule has 0 atom stereocenters. The van der Waals surface area contributed by atoms with Gasteiger partial charge in [-0.1, -0.05) is 24.3 Å². The fourth-order valence-corrected chi connectivity index (χ4v) is 1.90. The van der Waals surface area contributed by atoms with E-state index in [0.29, 0.717) is 5.56 Å². The molecule has 0 unspecified atom stereocenters. The van der Waals surface area contributed by atoms with Gasteiger partial charge in [0.25, 0.3) is 5.91 Å². The molecular weight excluding hydrogens is 324 g/mol. The van der Waals surface area contributed by atoms with Gasteiger partial charge >= 0.3 is 6.18 Å². The van der Waals surface area contributed by atoms with Crippen LogP contribution in [0.5, 0.6) is 0 Å². The number of hydrogen-bond acceptors (Lipinski definition) is 2. The van der Waals surface area contributed by atoms with E-state index < -0.39 is 34.7 Å². The lowest BCUT2D eigenvalue weighted by Crippen LogP contribution is -2.17. The first-order valence-electron chi connectivity index (χ1n) is 6.66. The lowest BCUT2D eigenvalue weighted by atomic mass is 10.1. The molecule has 0 saturated heterocycles. The lowest BCUT2D eigenvalue weighted by molar-refractivity contribution is -0.137. The van der Waals surface area contributed by atoms with Gasteiger partial charge < -0.3 is 5.32 Å². The standard InChI is InChI=1S/C17H10F4N2O/c18-13-7-5-11(6-8-13)9-12(10-22)16(24)23-15-4-2-1-3-14(15)17(19,20)21/h1-9H,(H,23,24). The molecule has 0 radical (unpaired) electrons. The Balaban J connectivity index is 2.28. The van der Waals surface area contributed by atoms with Crippen LogP contribution in [0, 0.1) is 17.1 Å². The van der Waals surface area contributed by atoms with Gasteiger partial charge in [-0.2, -0.15) is 18.4 Å². The fraction of sp³-hybridized carbons (Fsp3) is 0.0588. The van der Waals surface area contributed by atoms with Gasteiger partial charge in [0, 0.05) is 0 Å². The highest BCUT2D eigenvalue weighted by atomic mass is 19.4. The van der Waals surface area contributed by atoms with Gasteiger partial charge in [0.05, 0.1) is 11.3 Å². The maximum absolute atomic E-state index is 12.9. The largest absolute Gasteiger partial charge is 0.418 e. The van der Waals surface area contributed by atoms with Crippen LogP contribution in [-0.4, -0.2) is 5.91 Å². The number of nitrogens with one attached hydrogen (secondary N) is 1. The summed E-state index contributed by atoms with van der Waals surface area (Å²) >= 11 is 0. The van der Waals surface area contributed by atoms with Gasteiger partial charge in [-0.3, -0.25) is 4.79 Å². The van der Waals surface area contributed by atoms with E-state index in [4.69, 9.17) is 5.26 Å². The van der Waals surface area contributed by atoms with Crippen LogP contribution in [0.3, 0.4) is 0 Å². The van der Waals surface area contributed by atoms with E-state index in [2.05, 4.69) is 5.32 Å². The monoisotopic (exact) mass is 334 g/mol. The predicted octanol–water partition coefficient (Wildman–Crippen LogP) is 4.39. The van der Waals surface area contributed by atoms with Crippen molar-refractivity contribution in [2.75, 3.05) is 5.32 Å². The molecule has 3 nitrogen and oxygen atoms in total. The molecular formula is C17H10F4N2O. The summed E-state index contributed by atoms with van der Waals surface area (Å²) in [6.45, 7) is 0. The van der Waals surface area contributed by atoms with Crippen molar-refractivity contribution in [1.29, 1.82) is 5.26 Å². The van der Waals surface area contributed by atoms with Crippen molar-refractivity contribution in [3.05, 3.63) is 71.0 Å². The second-order valence-corrected chi connectivity index (χ2v) is 4.72. The minimum absolute atomic E-state index is 0.368. The topological polar surface area (TPSA) is 52.9 Å². The number of para-hydroxylation sites is 1. The number of nitrogens with zero attached hydrogens (tertiary/aromatic N) is 1. The zero-order chi connectivity index (χ0) is 17.7. The zero-order valence-corrected chi connectivity index (χ0v) is 12.1. The Hall–Kier alpha value is -3.14. The summed E-state index contributed by atoms with van der Waals surface area (Å²) in [6, 6.07) is 11.0. The fourth-order valence-electron chi connectivity index (χ4n) is 1.90. The molecule has 0 aliphatic heterocycles. The Morgan fingerprint density at radius 2 is 1.71 bits per heavy atom. The first kappa shape index (κ1) is 17.2. The third-order valence-corrected chi connectivity index (χ3v) is 3.03. The molecule has 0 spiro atoms. The van der Waals surface area contributed by atoms with Gasteiger partial charge in [0.2, 0.25) is 0 Å². The van der Waals surface area contributed by atoms with Gasteiger partial charge in [0.1, 0.15) is 17.5 Å². The highest BCUT2D eigenvalue weighted by molar-refractivity contribution is 6.10. The minimum atomic E-state index is -4.64. The number of nitriles is 1. The maximum Gasteiger partial charge on any atom is 0.418 e. The van der Waals surface area contributed by atoms with Crippen molar-refractivity contribution in [2.24, 2.45) is 0 Å². The second-order valence-electron chi connectivity index (χ2n) is 4.72. The van der Waals surface area contributed by atoms with Crippen LogP contribution in [0.25, 0.3) is 6.08 Å². The van der Waals surface area contributed by atoms with Gasteiger partial charge in [-0.15, -0.1) is 0 Å². The summed E-state index contributed by atoms with van der Waals surface area (Å²) in [5.41, 5.74) is -1.50. The molecule has 7 heteroatoms. The van der Waals surface area contributed by atoms with E-state index in [-0.39, 0.29) is 0 Å². The summed E-state index contributed by atoms with van der Waals surface area (Å²) < 4.78 is 51.5. The van der Waals surface area contributed by atoms with Crippen LogP contribution in [0.4, 0.5) is 23.2 Å². The van der Waals surface area contributed by atoms with Crippen molar-refractivity contribution in [1.82, 2.24) is 0 Å². The molecule has 2 aromatic rings. The Labute approximate surface area is 134 Å². The number of benzene rings is 2. The zero-order valence-electron chi connectivity index (χ0n) is 12.1. The molecule has 2 rings (SSSR count). The summed E-state index contributed by atoms with van der Waals surface area (Å²) in [6.07, 6.45) is -3.48. The number of halogens is 4. The molecule has 0 heterocycles. The number of alkyl halides is 3. The van der Waals surface area contributed by atoms with Crippen LogP contribution < -0.4 is 5.32 Å². The third kappa shape index (κ3) is 4.20. The molecule has 24 heavy (non-hydrogen) atoms. The highest BCUT2D eigenvalue weighted by Crippen LogP contribution is 2.34. The van der Waals surface area contributed by atoms with Crippen LogP contribution in [-0.2, 0) is 11.0 Å². The summed E-state index contributed by atoms with van der Waals surface area (Å²) in [5, 5.41) is 11.1. The number of rotatable bonds is 3. The molecule has 1 amide bonds. The smallest absolute Gasteiger partial charge is 0.321 e. The number of amides is 1. The average Bonchev–Trinajstić information content (AvgIpc) is 2.53. The molecule has 0 fully saturated rings. The molecule has 1 N–H and O–H groups in total. The molecule has 0 aliphatic rings. The van der Waals surface area contributed by atoms with E-state index in [1.54, 1.807) is 6.07 Å². The molecule has 122 valence electrons. The molecule has 2 aromatic carbocycles. The third-order valence-electron chi connectivity index (χ3n) is 3.03. The quantitative estimate of drug-likeness (QED) is 0.514. The number of hydrogen-bond donors (Lipinski definition) is 1. The van der Waals surface area contributed by atoms with Gasteiger partial charge in [-0.05, 0) is 35.9 Å². The number of carbonyl (C=O) groups is 1. The van der Waals surface area contributed by atoms with Crippen molar-refractivity contribution < 1.29 is 22.4 Å². The Kier molecular flexibility index (Phi) is 4.99. The molecule has 0 bridgehead atoms. The molecule has 0 saturated carbocycles. The predicted molar refractivity (Wildman–Crippen MR) is 80.1 cm³/mol. The van der Waals surface area contributed by atoms with Crippen LogP contribution in [0.2, 0.25) is 0 Å². The molecule has 0 aliphatic carbocycles. The Bertz CT molecular complexity index is 818. The van der Waals surface area contributed by atoms with E-state index >= 15 is 0 Å². The van der Waals surface area contributed by atoms with Crippen molar-refractivity contribution in [2.45, 2.75) is 6.18 Å². The Morgan fingerprint density at radius 1 is 1.08 bits per heavy atom. The molecule has 0 aromatic heterocycles. The van der Waals surface area contributed by atoms with E-state index in [1.165, 1.54) is 24.3 Å². The first-order chi connectivity index (χ1) is 11.3. The van der Waals surface area contributed by atoms with Crippen LogP contribution in [0.1, 0.15) is 11.1 Å². The summed E-state index contributed by atoms with van der Waals surface area (Å²) in [5.74, 6) is -1.48. The normalized spacial score (nSPS) is 11.7. The second kappa shape index (κ2) is 6.96. The average molecular weight is 334 g/mol. The summed E-state index contributed by atoms with van der Waals surface area (Å²) in [4.78, 5) is 12.1. The van der Waals surface area contributed by atoms with E-state index in [0.717, 1.165) is 30.3 Å². The highest BCUT2D eigenvalue weighted by Gasteiger charge is 2.33. The van der Waals surface area contributed by atoms with Crippen molar-refractivity contribution >= 4 is 17.7 Å². The SMILES string of the molecule is N#CC(=Cc1ccc(F)cc1)C(=O)Nc1ccccc1C(F)(F)F. The minimum Gasteiger partial charge on any atom is -0.321 e.